The number of nitrogens with one attached hydrogen (secondary N) is 1. The van der Waals surface area contributed by atoms with Gasteiger partial charge in [0.05, 0.1) is 4.88 Å². The molecule has 0 aromatic carbocycles. The Morgan fingerprint density at radius 1 is 1.11 bits per heavy atom. The highest BCUT2D eigenvalue weighted by Crippen LogP contribution is 2.29. The molecule has 3 rings (SSSR count). The topological polar surface area (TPSA) is 42.0 Å². The van der Waals surface area contributed by atoms with Crippen molar-refractivity contribution >= 4 is 34.3 Å². The normalized spacial score (nSPS) is 10.3. The molecule has 0 atom stereocenters. The molecule has 0 aliphatic heterocycles. The first kappa shape index (κ1) is 12.1. The lowest BCUT2D eigenvalue weighted by molar-refractivity contribution is 0.103. The maximum atomic E-state index is 12.1. The van der Waals surface area contributed by atoms with E-state index in [9.17, 15) is 4.79 Å². The number of pyridine rings is 1. The van der Waals surface area contributed by atoms with Gasteiger partial charge in [0.2, 0.25) is 0 Å². The van der Waals surface area contributed by atoms with Crippen molar-refractivity contribution in [1.29, 1.82) is 0 Å². The first-order chi connectivity index (χ1) is 9.33. The Hall–Kier alpha value is -1.98. The minimum atomic E-state index is -0.0855. The van der Waals surface area contributed by atoms with Crippen molar-refractivity contribution in [3.63, 3.8) is 0 Å². The van der Waals surface area contributed by atoms with Gasteiger partial charge in [-0.25, -0.2) is 0 Å². The van der Waals surface area contributed by atoms with Crippen LogP contribution in [-0.2, 0) is 0 Å². The quantitative estimate of drug-likeness (QED) is 0.786. The van der Waals surface area contributed by atoms with Crippen LogP contribution in [0.2, 0.25) is 0 Å². The molecule has 3 nitrogen and oxygen atoms in total. The largest absolute Gasteiger partial charge is 0.321 e. The maximum absolute atomic E-state index is 12.1. The molecular formula is C14H10N2OS2. The third-order valence-corrected chi connectivity index (χ3v) is 4.39. The van der Waals surface area contributed by atoms with E-state index in [-0.39, 0.29) is 5.91 Å². The smallest absolute Gasteiger partial charge is 0.265 e. The summed E-state index contributed by atoms with van der Waals surface area (Å²) in [5.41, 5.74) is 1.92. The Morgan fingerprint density at radius 2 is 1.95 bits per heavy atom. The van der Waals surface area contributed by atoms with Gasteiger partial charge in [-0.05, 0) is 41.1 Å². The summed E-state index contributed by atoms with van der Waals surface area (Å²) in [4.78, 5) is 17.8. The lowest BCUT2D eigenvalue weighted by Crippen LogP contribution is -2.09. The van der Waals surface area contributed by atoms with Crippen molar-refractivity contribution in [2.75, 3.05) is 5.32 Å². The Bertz CT molecular complexity index is 675. The molecule has 3 heterocycles. The first-order valence-corrected chi connectivity index (χ1v) is 7.42. The van der Waals surface area contributed by atoms with Gasteiger partial charge in [-0.3, -0.25) is 9.78 Å². The highest BCUT2D eigenvalue weighted by Gasteiger charge is 2.10. The Balaban J connectivity index is 1.78. The monoisotopic (exact) mass is 286 g/mol. The minimum absolute atomic E-state index is 0.0855. The molecule has 0 saturated carbocycles. The number of anilines is 1. The molecule has 0 saturated heterocycles. The molecule has 0 fully saturated rings. The van der Waals surface area contributed by atoms with Crippen molar-refractivity contribution < 1.29 is 4.79 Å². The molecule has 1 amide bonds. The van der Waals surface area contributed by atoms with Gasteiger partial charge in [0, 0.05) is 28.5 Å². The Kier molecular flexibility index (Phi) is 3.39. The second-order valence-electron chi connectivity index (χ2n) is 3.87. The molecule has 0 radical (unpaired) electrons. The number of thiophene rings is 2. The van der Waals surface area contributed by atoms with E-state index in [0.717, 1.165) is 16.1 Å². The van der Waals surface area contributed by atoms with E-state index in [0.29, 0.717) is 4.88 Å². The Labute approximate surface area is 118 Å². The van der Waals surface area contributed by atoms with Crippen molar-refractivity contribution in [2.45, 2.75) is 0 Å². The molecule has 94 valence electrons. The highest BCUT2D eigenvalue weighted by atomic mass is 32.1. The van der Waals surface area contributed by atoms with E-state index in [2.05, 4.69) is 21.7 Å². The maximum Gasteiger partial charge on any atom is 0.265 e. The van der Waals surface area contributed by atoms with Crippen LogP contribution in [0.3, 0.4) is 0 Å². The molecule has 0 unspecified atom stereocenters. The molecule has 1 N–H and O–H groups in total. The fourth-order valence-electron chi connectivity index (χ4n) is 1.65. The molecule has 0 bridgehead atoms. The number of carbonyl (C=O) groups is 1. The van der Waals surface area contributed by atoms with Crippen LogP contribution >= 0.6 is 22.7 Å². The summed E-state index contributed by atoms with van der Waals surface area (Å²) >= 11 is 3.15. The van der Waals surface area contributed by atoms with Crippen molar-refractivity contribution in [3.05, 3.63) is 58.4 Å². The van der Waals surface area contributed by atoms with Crippen molar-refractivity contribution in [3.8, 4) is 10.4 Å². The zero-order valence-electron chi connectivity index (χ0n) is 9.87. The van der Waals surface area contributed by atoms with Gasteiger partial charge in [0.25, 0.3) is 5.91 Å². The van der Waals surface area contributed by atoms with Crippen LogP contribution < -0.4 is 5.32 Å². The SMILES string of the molecule is O=C(Nc1ccncc1)c1ccc(-c2ccsc2)s1. The third kappa shape index (κ3) is 2.72. The lowest BCUT2D eigenvalue weighted by atomic mass is 10.3. The van der Waals surface area contributed by atoms with Crippen LogP contribution in [0.1, 0.15) is 9.67 Å². The average molecular weight is 286 g/mol. The van der Waals surface area contributed by atoms with Gasteiger partial charge in [-0.15, -0.1) is 11.3 Å². The standard InChI is InChI=1S/C14H10N2OS2/c17-14(16-11-3-6-15-7-4-11)13-2-1-12(19-13)10-5-8-18-9-10/h1-9H,(H,15,16,17). The third-order valence-electron chi connectivity index (χ3n) is 2.57. The summed E-state index contributed by atoms with van der Waals surface area (Å²) in [6.07, 6.45) is 3.31. The van der Waals surface area contributed by atoms with Crippen LogP contribution in [-0.4, -0.2) is 10.9 Å². The van der Waals surface area contributed by atoms with E-state index in [1.807, 2.05) is 17.5 Å². The average Bonchev–Trinajstić information content (AvgIpc) is 3.11. The summed E-state index contributed by atoms with van der Waals surface area (Å²) in [7, 11) is 0. The van der Waals surface area contributed by atoms with Crippen LogP contribution in [0.4, 0.5) is 5.69 Å². The van der Waals surface area contributed by atoms with Gasteiger partial charge in [0.15, 0.2) is 0 Å². The fraction of sp³-hybridized carbons (Fsp3) is 0. The number of nitrogens with zero attached hydrogens (tertiary/aromatic N) is 1. The second-order valence-corrected chi connectivity index (χ2v) is 5.73. The molecule has 5 heteroatoms. The molecular weight excluding hydrogens is 276 g/mol. The number of amides is 1. The van der Waals surface area contributed by atoms with E-state index in [1.165, 1.54) is 11.3 Å². The van der Waals surface area contributed by atoms with Crippen molar-refractivity contribution in [1.82, 2.24) is 4.98 Å². The number of aromatic nitrogens is 1. The second kappa shape index (κ2) is 5.34. The van der Waals surface area contributed by atoms with Gasteiger partial charge >= 0.3 is 0 Å². The van der Waals surface area contributed by atoms with Gasteiger partial charge < -0.3 is 5.32 Å². The van der Waals surface area contributed by atoms with E-state index in [4.69, 9.17) is 0 Å². The Morgan fingerprint density at radius 3 is 2.68 bits per heavy atom. The highest BCUT2D eigenvalue weighted by molar-refractivity contribution is 7.18. The number of rotatable bonds is 3. The summed E-state index contributed by atoms with van der Waals surface area (Å²) in [5.74, 6) is -0.0855. The molecule has 3 aromatic heterocycles. The van der Waals surface area contributed by atoms with Gasteiger partial charge in [-0.2, -0.15) is 11.3 Å². The van der Waals surface area contributed by atoms with E-state index >= 15 is 0 Å². The zero-order valence-corrected chi connectivity index (χ0v) is 11.5. The summed E-state index contributed by atoms with van der Waals surface area (Å²) in [5, 5.41) is 6.96. The predicted molar refractivity (Wildman–Crippen MR) is 79.8 cm³/mol. The van der Waals surface area contributed by atoms with Crippen LogP contribution in [0, 0.1) is 0 Å². The van der Waals surface area contributed by atoms with Crippen LogP contribution in [0.5, 0.6) is 0 Å². The number of carbonyl (C=O) groups excluding carboxylic acids is 1. The van der Waals surface area contributed by atoms with Crippen LogP contribution in [0.15, 0.2) is 53.5 Å². The first-order valence-electron chi connectivity index (χ1n) is 5.67. The molecule has 0 aliphatic carbocycles. The number of hydrogen-bond donors (Lipinski definition) is 1. The minimum Gasteiger partial charge on any atom is -0.321 e. The summed E-state index contributed by atoms with van der Waals surface area (Å²) in [6.45, 7) is 0. The molecule has 0 aliphatic rings. The zero-order chi connectivity index (χ0) is 13.1. The molecule has 0 spiro atoms. The summed E-state index contributed by atoms with van der Waals surface area (Å²) < 4.78 is 0. The van der Waals surface area contributed by atoms with Crippen LogP contribution in [0.25, 0.3) is 10.4 Å². The lowest BCUT2D eigenvalue weighted by Gasteiger charge is -2.01. The van der Waals surface area contributed by atoms with Gasteiger partial charge in [-0.1, -0.05) is 0 Å². The number of hydrogen-bond acceptors (Lipinski definition) is 4. The van der Waals surface area contributed by atoms with Crippen molar-refractivity contribution in [2.24, 2.45) is 0 Å². The molecule has 3 aromatic rings. The fourth-order valence-corrected chi connectivity index (χ4v) is 3.28. The predicted octanol–water partition coefficient (Wildman–Crippen LogP) is 4.12. The van der Waals surface area contributed by atoms with Gasteiger partial charge in [0.1, 0.15) is 0 Å². The summed E-state index contributed by atoms with van der Waals surface area (Å²) in [6, 6.07) is 9.43. The molecule has 19 heavy (non-hydrogen) atoms. The van der Waals surface area contributed by atoms with E-state index in [1.54, 1.807) is 35.9 Å². The van der Waals surface area contributed by atoms with E-state index < -0.39 is 0 Å².